The monoisotopic (exact) mass is 260 g/mol. The first-order chi connectivity index (χ1) is 9.08. The third kappa shape index (κ3) is 3.32. The van der Waals surface area contributed by atoms with E-state index in [1.807, 2.05) is 39.3 Å². The lowest BCUT2D eigenvalue weighted by molar-refractivity contribution is 0.0791. The molecule has 5 heteroatoms. The summed E-state index contributed by atoms with van der Waals surface area (Å²) in [4.78, 5) is 23.3. The van der Waals surface area contributed by atoms with Gasteiger partial charge in [-0.25, -0.2) is 4.98 Å². The fraction of sp³-hybridized carbons (Fsp3) is 0.429. The average molecular weight is 260 g/mol. The van der Waals surface area contributed by atoms with E-state index in [9.17, 15) is 4.79 Å². The third-order valence-corrected chi connectivity index (χ3v) is 3.11. The van der Waals surface area contributed by atoms with Crippen molar-refractivity contribution in [1.82, 2.24) is 19.8 Å². The van der Waals surface area contributed by atoms with Gasteiger partial charge in [-0.3, -0.25) is 4.79 Å². The topological polar surface area (TPSA) is 52.2 Å². The minimum Gasteiger partial charge on any atom is -0.345 e. The van der Waals surface area contributed by atoms with Crippen LogP contribution in [-0.2, 0) is 0 Å². The molecule has 1 N–H and O–H groups in total. The van der Waals surface area contributed by atoms with Crippen LogP contribution in [0.25, 0.3) is 11.0 Å². The number of carbonyl (C=O) groups excluding carboxylic acids is 1. The van der Waals surface area contributed by atoms with Gasteiger partial charge in [-0.15, -0.1) is 0 Å². The van der Waals surface area contributed by atoms with Gasteiger partial charge in [0.25, 0.3) is 5.91 Å². The standard InChI is InChI=1S/C14H20N4O/c1-17(2)7-4-8-18(3)14(19)11-5-6-12-13(9-11)16-10-15-12/h5-6,9-10H,4,7-8H2,1-3H3,(H,15,16). The summed E-state index contributed by atoms with van der Waals surface area (Å²) in [6, 6.07) is 5.55. The Kier molecular flexibility index (Phi) is 4.16. The van der Waals surface area contributed by atoms with Crippen molar-refractivity contribution in [2.24, 2.45) is 0 Å². The van der Waals surface area contributed by atoms with Crippen LogP contribution in [0.3, 0.4) is 0 Å². The van der Waals surface area contributed by atoms with Crippen molar-refractivity contribution in [2.75, 3.05) is 34.2 Å². The van der Waals surface area contributed by atoms with E-state index in [4.69, 9.17) is 0 Å². The maximum Gasteiger partial charge on any atom is 0.253 e. The number of aromatic amines is 1. The molecule has 0 aliphatic heterocycles. The molecule has 1 aromatic carbocycles. The summed E-state index contributed by atoms with van der Waals surface area (Å²) in [5, 5.41) is 0. The van der Waals surface area contributed by atoms with E-state index in [2.05, 4.69) is 14.9 Å². The molecule has 0 fully saturated rings. The van der Waals surface area contributed by atoms with E-state index in [0.717, 1.165) is 30.5 Å². The fourth-order valence-corrected chi connectivity index (χ4v) is 2.01. The molecule has 0 saturated carbocycles. The molecule has 1 aromatic heterocycles. The quantitative estimate of drug-likeness (QED) is 0.888. The van der Waals surface area contributed by atoms with Gasteiger partial charge in [0.05, 0.1) is 17.4 Å². The molecule has 1 heterocycles. The number of nitrogens with zero attached hydrogens (tertiary/aromatic N) is 3. The summed E-state index contributed by atoms with van der Waals surface area (Å²) in [7, 11) is 5.91. The minimum atomic E-state index is 0.0512. The first-order valence-corrected chi connectivity index (χ1v) is 6.41. The highest BCUT2D eigenvalue weighted by Gasteiger charge is 2.12. The highest BCUT2D eigenvalue weighted by Crippen LogP contribution is 2.13. The van der Waals surface area contributed by atoms with Gasteiger partial charge in [0, 0.05) is 19.2 Å². The van der Waals surface area contributed by atoms with Gasteiger partial charge in [-0.05, 0) is 45.3 Å². The minimum absolute atomic E-state index is 0.0512. The highest BCUT2D eigenvalue weighted by molar-refractivity contribution is 5.97. The molecule has 0 aliphatic rings. The number of aromatic nitrogens is 2. The van der Waals surface area contributed by atoms with E-state index >= 15 is 0 Å². The first-order valence-electron chi connectivity index (χ1n) is 6.41. The number of carbonyl (C=O) groups is 1. The van der Waals surface area contributed by atoms with Crippen molar-refractivity contribution in [3.8, 4) is 0 Å². The predicted octanol–water partition coefficient (Wildman–Crippen LogP) is 1.59. The van der Waals surface area contributed by atoms with Gasteiger partial charge in [-0.2, -0.15) is 0 Å². The molecule has 2 rings (SSSR count). The molecule has 0 radical (unpaired) electrons. The second kappa shape index (κ2) is 5.84. The number of benzene rings is 1. The predicted molar refractivity (Wildman–Crippen MR) is 76.2 cm³/mol. The smallest absolute Gasteiger partial charge is 0.253 e. The molecule has 19 heavy (non-hydrogen) atoms. The van der Waals surface area contributed by atoms with E-state index in [-0.39, 0.29) is 5.91 Å². The molecule has 0 bridgehead atoms. The highest BCUT2D eigenvalue weighted by atomic mass is 16.2. The Balaban J connectivity index is 2.01. The van der Waals surface area contributed by atoms with Crippen LogP contribution in [0.15, 0.2) is 24.5 Å². The zero-order valence-electron chi connectivity index (χ0n) is 11.7. The number of fused-ring (bicyclic) bond motifs is 1. The number of nitrogens with one attached hydrogen (secondary N) is 1. The van der Waals surface area contributed by atoms with Gasteiger partial charge < -0.3 is 14.8 Å². The van der Waals surface area contributed by atoms with E-state index in [0.29, 0.717) is 5.56 Å². The largest absolute Gasteiger partial charge is 0.345 e. The Bertz CT molecular complexity index is 561. The number of hydrogen-bond acceptors (Lipinski definition) is 3. The van der Waals surface area contributed by atoms with Crippen LogP contribution in [0.4, 0.5) is 0 Å². The van der Waals surface area contributed by atoms with Crippen LogP contribution in [0.1, 0.15) is 16.8 Å². The summed E-state index contributed by atoms with van der Waals surface area (Å²) in [5.41, 5.74) is 2.48. The lowest BCUT2D eigenvalue weighted by Crippen LogP contribution is -2.29. The van der Waals surface area contributed by atoms with Gasteiger partial charge in [0.15, 0.2) is 0 Å². The summed E-state index contributed by atoms with van der Waals surface area (Å²) < 4.78 is 0. The Hall–Kier alpha value is -1.88. The molecule has 2 aromatic rings. The van der Waals surface area contributed by atoms with Gasteiger partial charge >= 0.3 is 0 Å². The van der Waals surface area contributed by atoms with Crippen molar-refractivity contribution in [3.05, 3.63) is 30.1 Å². The number of hydrogen-bond donors (Lipinski definition) is 1. The van der Waals surface area contributed by atoms with Crippen LogP contribution in [0.2, 0.25) is 0 Å². The van der Waals surface area contributed by atoms with Crippen molar-refractivity contribution < 1.29 is 4.79 Å². The summed E-state index contributed by atoms with van der Waals surface area (Å²) in [6.45, 7) is 1.75. The molecule has 0 unspecified atom stereocenters. The molecule has 5 nitrogen and oxygen atoms in total. The van der Waals surface area contributed by atoms with Crippen LogP contribution in [-0.4, -0.2) is 59.9 Å². The van der Waals surface area contributed by atoms with Crippen molar-refractivity contribution in [2.45, 2.75) is 6.42 Å². The zero-order chi connectivity index (χ0) is 13.8. The summed E-state index contributed by atoms with van der Waals surface area (Å²) in [5.74, 6) is 0.0512. The van der Waals surface area contributed by atoms with Crippen molar-refractivity contribution >= 4 is 16.9 Å². The fourth-order valence-electron chi connectivity index (χ4n) is 2.01. The summed E-state index contributed by atoms with van der Waals surface area (Å²) >= 11 is 0. The average Bonchev–Trinajstić information content (AvgIpc) is 2.84. The molecule has 102 valence electrons. The maximum absolute atomic E-state index is 12.3. The van der Waals surface area contributed by atoms with E-state index in [1.165, 1.54) is 0 Å². The molecule has 1 amide bonds. The molecule has 0 atom stereocenters. The van der Waals surface area contributed by atoms with Gasteiger partial charge in [0.1, 0.15) is 0 Å². The molecular weight excluding hydrogens is 240 g/mol. The van der Waals surface area contributed by atoms with Gasteiger partial charge in [-0.1, -0.05) is 0 Å². The lowest BCUT2D eigenvalue weighted by atomic mass is 10.1. The Morgan fingerprint density at radius 2 is 2.05 bits per heavy atom. The van der Waals surface area contributed by atoms with Crippen LogP contribution >= 0.6 is 0 Å². The number of amides is 1. The van der Waals surface area contributed by atoms with E-state index in [1.54, 1.807) is 11.2 Å². The number of imidazole rings is 1. The molecule has 0 spiro atoms. The number of H-pyrrole nitrogens is 1. The van der Waals surface area contributed by atoms with Crippen molar-refractivity contribution in [3.63, 3.8) is 0 Å². The second-order valence-corrected chi connectivity index (χ2v) is 5.02. The van der Waals surface area contributed by atoms with Crippen LogP contribution < -0.4 is 0 Å². The number of rotatable bonds is 5. The Morgan fingerprint density at radius 3 is 2.79 bits per heavy atom. The Morgan fingerprint density at radius 1 is 1.26 bits per heavy atom. The van der Waals surface area contributed by atoms with Gasteiger partial charge in [0.2, 0.25) is 0 Å². The van der Waals surface area contributed by atoms with E-state index < -0.39 is 0 Å². The molecular formula is C14H20N4O. The lowest BCUT2D eigenvalue weighted by Gasteiger charge is -2.18. The zero-order valence-corrected chi connectivity index (χ0v) is 11.7. The molecule has 0 aliphatic carbocycles. The van der Waals surface area contributed by atoms with Crippen LogP contribution in [0, 0.1) is 0 Å². The maximum atomic E-state index is 12.3. The second-order valence-electron chi connectivity index (χ2n) is 5.02. The normalized spacial score (nSPS) is 11.2. The SMILES string of the molecule is CN(C)CCCN(C)C(=O)c1ccc2nc[nH]c2c1. The van der Waals surface area contributed by atoms with Crippen LogP contribution in [0.5, 0.6) is 0 Å². The third-order valence-electron chi connectivity index (χ3n) is 3.11. The van der Waals surface area contributed by atoms with Crippen molar-refractivity contribution in [1.29, 1.82) is 0 Å². The summed E-state index contributed by atoms with van der Waals surface area (Å²) in [6.07, 6.45) is 2.61. The molecule has 0 saturated heterocycles. The Labute approximate surface area is 113 Å². The first kappa shape index (κ1) is 13.5.